The van der Waals surface area contributed by atoms with Crippen LogP contribution in [0, 0.1) is 5.92 Å². The second-order valence-corrected chi connectivity index (χ2v) is 5.26. The number of ether oxygens (including phenoxy) is 1. The Kier molecular flexibility index (Phi) is 6.65. The lowest BCUT2D eigenvalue weighted by Crippen LogP contribution is -2.39. The van der Waals surface area contributed by atoms with Crippen LogP contribution >= 0.6 is 11.6 Å². The Morgan fingerprint density at radius 2 is 2.09 bits per heavy atom. The van der Waals surface area contributed by atoms with Gasteiger partial charge in [0.2, 0.25) is 0 Å². The molecule has 7 nitrogen and oxygen atoms in total. The third-order valence-electron chi connectivity index (χ3n) is 2.53. The molecule has 0 aromatic heterocycles. The van der Waals surface area contributed by atoms with Crippen LogP contribution in [0.4, 0.5) is 0 Å². The first-order valence-electron chi connectivity index (χ1n) is 6.52. The lowest BCUT2D eigenvalue weighted by atomic mass is 10.2. The van der Waals surface area contributed by atoms with E-state index < -0.39 is 11.8 Å². The van der Waals surface area contributed by atoms with Crippen molar-refractivity contribution in [2.24, 2.45) is 11.0 Å². The molecule has 0 radical (unpaired) electrons. The Morgan fingerprint density at radius 3 is 2.68 bits per heavy atom. The first-order valence-corrected chi connectivity index (χ1v) is 6.90. The number of hydrogen-bond acceptors (Lipinski definition) is 5. The van der Waals surface area contributed by atoms with Crippen LogP contribution in [-0.4, -0.2) is 36.8 Å². The van der Waals surface area contributed by atoms with Crippen molar-refractivity contribution < 1.29 is 19.4 Å². The van der Waals surface area contributed by atoms with Crippen LogP contribution in [-0.2, 0) is 9.59 Å². The molecule has 1 aromatic carbocycles. The predicted molar refractivity (Wildman–Crippen MR) is 83.3 cm³/mol. The summed E-state index contributed by atoms with van der Waals surface area (Å²) < 4.78 is 4.94. The van der Waals surface area contributed by atoms with Gasteiger partial charge in [0.25, 0.3) is 0 Å². The lowest BCUT2D eigenvalue weighted by Gasteiger charge is -2.06. The minimum atomic E-state index is -0.867. The van der Waals surface area contributed by atoms with Gasteiger partial charge in [-0.3, -0.25) is 9.59 Å². The normalized spacial score (nSPS) is 10.8. The van der Waals surface area contributed by atoms with Crippen LogP contribution in [0.1, 0.15) is 19.4 Å². The van der Waals surface area contributed by atoms with Crippen LogP contribution in [0.5, 0.6) is 11.5 Å². The van der Waals surface area contributed by atoms with Crippen molar-refractivity contribution in [1.29, 1.82) is 0 Å². The van der Waals surface area contributed by atoms with Crippen molar-refractivity contribution in [3.05, 3.63) is 22.7 Å². The molecule has 0 unspecified atom stereocenters. The summed E-state index contributed by atoms with van der Waals surface area (Å²) in [6, 6.07) is 2.92. The topological polar surface area (TPSA) is 100 Å². The number of carbonyl (C=O) groups excluding carboxylic acids is 2. The largest absolute Gasteiger partial charge is 0.503 e. The molecule has 2 amide bonds. The quantitative estimate of drug-likeness (QED) is 0.431. The van der Waals surface area contributed by atoms with E-state index >= 15 is 0 Å². The molecule has 120 valence electrons. The van der Waals surface area contributed by atoms with Gasteiger partial charge in [0.15, 0.2) is 11.5 Å². The Balaban J connectivity index is 2.64. The minimum Gasteiger partial charge on any atom is -0.503 e. The van der Waals surface area contributed by atoms with Crippen LogP contribution in [0.2, 0.25) is 5.02 Å². The Hall–Kier alpha value is -2.28. The van der Waals surface area contributed by atoms with Crippen molar-refractivity contribution in [2.45, 2.75) is 13.8 Å². The molecular formula is C14H18ClN3O4. The van der Waals surface area contributed by atoms with E-state index in [2.05, 4.69) is 15.8 Å². The van der Waals surface area contributed by atoms with E-state index in [9.17, 15) is 14.7 Å². The highest BCUT2D eigenvalue weighted by Gasteiger charge is 2.12. The van der Waals surface area contributed by atoms with Crippen LogP contribution in [0.25, 0.3) is 0 Å². The van der Waals surface area contributed by atoms with E-state index in [1.807, 2.05) is 13.8 Å². The molecule has 0 heterocycles. The molecular weight excluding hydrogens is 310 g/mol. The van der Waals surface area contributed by atoms with E-state index in [1.54, 1.807) is 0 Å². The SMILES string of the molecule is COc1cc(/C=N\NC(=O)C(=O)NCC(C)C)cc(Cl)c1O. The van der Waals surface area contributed by atoms with Crippen molar-refractivity contribution in [3.8, 4) is 11.5 Å². The molecule has 3 N–H and O–H groups in total. The number of benzene rings is 1. The molecule has 0 atom stereocenters. The summed E-state index contributed by atoms with van der Waals surface area (Å²) in [5.41, 5.74) is 2.59. The highest BCUT2D eigenvalue weighted by Crippen LogP contribution is 2.34. The number of hydrazone groups is 1. The van der Waals surface area contributed by atoms with Gasteiger partial charge in [-0.05, 0) is 23.6 Å². The van der Waals surface area contributed by atoms with Gasteiger partial charge in [0, 0.05) is 6.54 Å². The summed E-state index contributed by atoms with van der Waals surface area (Å²) in [6.07, 6.45) is 1.28. The number of phenols is 1. The number of rotatable bonds is 5. The highest BCUT2D eigenvalue weighted by molar-refractivity contribution is 6.35. The number of aromatic hydroxyl groups is 1. The molecule has 0 saturated carbocycles. The number of nitrogens with zero attached hydrogens (tertiary/aromatic N) is 1. The van der Waals surface area contributed by atoms with Gasteiger partial charge in [-0.1, -0.05) is 25.4 Å². The second kappa shape index (κ2) is 8.23. The van der Waals surface area contributed by atoms with Crippen LogP contribution in [0.3, 0.4) is 0 Å². The summed E-state index contributed by atoms with van der Waals surface area (Å²) in [4.78, 5) is 22.9. The van der Waals surface area contributed by atoms with Crippen LogP contribution in [0.15, 0.2) is 17.2 Å². The fraction of sp³-hybridized carbons (Fsp3) is 0.357. The molecule has 0 aliphatic heterocycles. The third-order valence-corrected chi connectivity index (χ3v) is 2.82. The van der Waals surface area contributed by atoms with E-state index in [4.69, 9.17) is 16.3 Å². The smallest absolute Gasteiger partial charge is 0.329 e. The first-order chi connectivity index (χ1) is 10.3. The minimum absolute atomic E-state index is 0.0850. The number of phenolic OH excluding ortho intramolecular Hbond substituents is 1. The average Bonchev–Trinajstić information content (AvgIpc) is 2.47. The van der Waals surface area contributed by atoms with E-state index in [-0.39, 0.29) is 22.4 Å². The first kappa shape index (κ1) is 17.8. The maximum atomic E-state index is 11.5. The summed E-state index contributed by atoms with van der Waals surface area (Å²) in [6.45, 7) is 4.23. The lowest BCUT2D eigenvalue weighted by molar-refractivity contribution is -0.139. The van der Waals surface area contributed by atoms with Crippen molar-refractivity contribution in [3.63, 3.8) is 0 Å². The number of amides is 2. The molecule has 1 rings (SSSR count). The Labute approximate surface area is 133 Å². The zero-order valence-corrected chi connectivity index (χ0v) is 13.3. The summed E-state index contributed by atoms with van der Waals surface area (Å²) in [7, 11) is 1.38. The van der Waals surface area contributed by atoms with Gasteiger partial charge in [0.1, 0.15) is 0 Å². The Bertz CT molecular complexity index is 588. The number of halogens is 1. The number of hydrogen-bond donors (Lipinski definition) is 3. The monoisotopic (exact) mass is 327 g/mol. The second-order valence-electron chi connectivity index (χ2n) is 4.86. The van der Waals surface area contributed by atoms with Crippen LogP contribution < -0.4 is 15.5 Å². The summed E-state index contributed by atoms with van der Waals surface area (Å²) in [5, 5.41) is 15.8. The fourth-order valence-electron chi connectivity index (χ4n) is 1.42. The zero-order chi connectivity index (χ0) is 16.7. The number of nitrogens with one attached hydrogen (secondary N) is 2. The summed E-state index contributed by atoms with van der Waals surface area (Å²) >= 11 is 5.82. The highest BCUT2D eigenvalue weighted by atomic mass is 35.5. The Morgan fingerprint density at radius 1 is 1.41 bits per heavy atom. The van der Waals surface area contributed by atoms with Crippen molar-refractivity contribution >= 4 is 29.6 Å². The van der Waals surface area contributed by atoms with Gasteiger partial charge >= 0.3 is 11.8 Å². The van der Waals surface area contributed by atoms with Gasteiger partial charge in [-0.15, -0.1) is 0 Å². The molecule has 0 saturated heterocycles. The predicted octanol–water partition coefficient (Wildman–Crippen LogP) is 1.28. The molecule has 0 bridgehead atoms. The molecule has 1 aromatic rings. The molecule has 0 aliphatic carbocycles. The maximum absolute atomic E-state index is 11.5. The summed E-state index contributed by atoms with van der Waals surface area (Å²) in [5.74, 6) is -1.39. The number of methoxy groups -OCH3 is 1. The maximum Gasteiger partial charge on any atom is 0.329 e. The molecule has 8 heteroatoms. The molecule has 0 fully saturated rings. The average molecular weight is 328 g/mol. The van der Waals surface area contributed by atoms with Gasteiger partial charge in [0.05, 0.1) is 18.3 Å². The van der Waals surface area contributed by atoms with E-state index in [0.29, 0.717) is 12.1 Å². The fourth-order valence-corrected chi connectivity index (χ4v) is 1.64. The van der Waals surface area contributed by atoms with Gasteiger partial charge < -0.3 is 15.2 Å². The molecule has 22 heavy (non-hydrogen) atoms. The molecule has 0 spiro atoms. The van der Waals surface area contributed by atoms with Crippen molar-refractivity contribution in [2.75, 3.05) is 13.7 Å². The van der Waals surface area contributed by atoms with E-state index in [0.717, 1.165) is 0 Å². The zero-order valence-electron chi connectivity index (χ0n) is 12.5. The van der Waals surface area contributed by atoms with Crippen molar-refractivity contribution in [1.82, 2.24) is 10.7 Å². The standard InChI is InChI=1S/C14H18ClN3O4/c1-8(2)6-16-13(20)14(21)18-17-7-9-4-10(15)12(19)11(5-9)22-3/h4-5,7-8,19H,6H2,1-3H3,(H,16,20)(H,18,21)/b17-7-. The molecule has 0 aliphatic rings. The van der Waals surface area contributed by atoms with E-state index in [1.165, 1.54) is 25.5 Å². The number of carbonyl (C=O) groups is 2. The van der Waals surface area contributed by atoms with Gasteiger partial charge in [-0.25, -0.2) is 5.43 Å². The third kappa shape index (κ3) is 5.25. The van der Waals surface area contributed by atoms with Gasteiger partial charge in [-0.2, -0.15) is 5.10 Å².